The zero-order valence-electron chi connectivity index (χ0n) is 13.8. The van der Waals surface area contributed by atoms with E-state index in [-0.39, 0.29) is 18.2 Å². The number of amides is 2. The van der Waals surface area contributed by atoms with Crippen LogP contribution in [-0.2, 0) is 9.59 Å². The Bertz CT molecular complexity index is 909. The minimum atomic E-state index is -0.391. The zero-order valence-corrected chi connectivity index (χ0v) is 13.8. The van der Waals surface area contributed by atoms with Gasteiger partial charge in [0.15, 0.2) is 5.82 Å². The molecule has 1 fully saturated rings. The average Bonchev–Trinajstić information content (AvgIpc) is 3.33. The molecule has 130 valence electrons. The number of aromatic nitrogens is 4. The molecule has 1 atom stereocenters. The van der Waals surface area contributed by atoms with Crippen LogP contribution in [0.25, 0.3) is 5.82 Å². The molecule has 3 aromatic rings. The molecule has 1 aliphatic rings. The lowest BCUT2D eigenvalue weighted by Crippen LogP contribution is -2.28. The lowest BCUT2D eigenvalue weighted by molar-refractivity contribution is -0.122. The number of hydrogen-bond donors (Lipinski definition) is 1. The molecule has 1 N–H and O–H groups in total. The summed E-state index contributed by atoms with van der Waals surface area (Å²) in [6.45, 7) is 0.374. The predicted molar refractivity (Wildman–Crippen MR) is 94.7 cm³/mol. The van der Waals surface area contributed by atoms with Crippen molar-refractivity contribution in [2.24, 2.45) is 5.92 Å². The molecule has 26 heavy (non-hydrogen) atoms. The molecule has 1 aliphatic heterocycles. The summed E-state index contributed by atoms with van der Waals surface area (Å²) < 4.78 is 1.53. The Morgan fingerprint density at radius 3 is 2.69 bits per heavy atom. The third-order valence-electron chi connectivity index (χ3n) is 4.23. The van der Waals surface area contributed by atoms with Gasteiger partial charge in [-0.05, 0) is 24.3 Å². The first-order valence-electron chi connectivity index (χ1n) is 8.18. The SMILES string of the molecule is O=C(Nc1ccc(-n2cncn2)nc1)[C@@H]1CC(=O)N(c2ccccc2)C1. The van der Waals surface area contributed by atoms with Gasteiger partial charge in [0.05, 0.1) is 17.8 Å². The largest absolute Gasteiger partial charge is 0.324 e. The van der Waals surface area contributed by atoms with Gasteiger partial charge in [0.25, 0.3) is 0 Å². The topological polar surface area (TPSA) is 93.0 Å². The van der Waals surface area contributed by atoms with E-state index in [9.17, 15) is 9.59 Å². The highest BCUT2D eigenvalue weighted by Crippen LogP contribution is 2.25. The number of carbonyl (C=O) groups excluding carboxylic acids is 2. The van der Waals surface area contributed by atoms with Gasteiger partial charge in [-0.2, -0.15) is 5.10 Å². The fourth-order valence-electron chi connectivity index (χ4n) is 2.91. The highest BCUT2D eigenvalue weighted by Gasteiger charge is 2.35. The van der Waals surface area contributed by atoms with Crippen molar-refractivity contribution in [2.45, 2.75) is 6.42 Å². The molecule has 0 bridgehead atoms. The summed E-state index contributed by atoms with van der Waals surface area (Å²) in [6.07, 6.45) is 4.72. The number of carbonyl (C=O) groups is 2. The first-order chi connectivity index (χ1) is 12.7. The van der Waals surface area contributed by atoms with Gasteiger partial charge >= 0.3 is 0 Å². The van der Waals surface area contributed by atoms with Crippen LogP contribution in [0.5, 0.6) is 0 Å². The normalized spacial score (nSPS) is 16.7. The molecule has 0 radical (unpaired) electrons. The number of pyridine rings is 1. The molecule has 3 heterocycles. The van der Waals surface area contributed by atoms with Crippen LogP contribution in [0.4, 0.5) is 11.4 Å². The summed E-state index contributed by atoms with van der Waals surface area (Å²) in [6, 6.07) is 12.9. The second-order valence-corrected chi connectivity index (χ2v) is 5.98. The first-order valence-corrected chi connectivity index (χ1v) is 8.18. The van der Waals surface area contributed by atoms with Crippen molar-refractivity contribution >= 4 is 23.2 Å². The van der Waals surface area contributed by atoms with Gasteiger partial charge in [0.1, 0.15) is 12.7 Å². The van der Waals surface area contributed by atoms with Crippen molar-refractivity contribution < 1.29 is 9.59 Å². The van der Waals surface area contributed by atoms with Crippen LogP contribution < -0.4 is 10.2 Å². The van der Waals surface area contributed by atoms with Crippen LogP contribution in [0.3, 0.4) is 0 Å². The highest BCUT2D eigenvalue weighted by molar-refractivity contribution is 6.03. The highest BCUT2D eigenvalue weighted by atomic mass is 16.2. The van der Waals surface area contributed by atoms with Gasteiger partial charge in [-0.3, -0.25) is 9.59 Å². The molecular weight excluding hydrogens is 332 g/mol. The number of benzene rings is 1. The van der Waals surface area contributed by atoms with E-state index in [4.69, 9.17) is 0 Å². The van der Waals surface area contributed by atoms with Crippen molar-refractivity contribution in [3.63, 3.8) is 0 Å². The van der Waals surface area contributed by atoms with Gasteiger partial charge in [-0.15, -0.1) is 0 Å². The third-order valence-corrected chi connectivity index (χ3v) is 4.23. The van der Waals surface area contributed by atoms with Crippen molar-refractivity contribution in [3.05, 3.63) is 61.3 Å². The van der Waals surface area contributed by atoms with Gasteiger partial charge < -0.3 is 10.2 Å². The van der Waals surface area contributed by atoms with Crippen LogP contribution >= 0.6 is 0 Å². The fraction of sp³-hybridized carbons (Fsp3) is 0.167. The maximum Gasteiger partial charge on any atom is 0.229 e. The summed E-state index contributed by atoms with van der Waals surface area (Å²) in [5.41, 5.74) is 1.39. The number of nitrogens with one attached hydrogen (secondary N) is 1. The second-order valence-electron chi connectivity index (χ2n) is 5.98. The summed E-state index contributed by atoms with van der Waals surface area (Å²) in [4.78, 5) is 34.5. The molecule has 0 aliphatic carbocycles. The molecule has 0 unspecified atom stereocenters. The monoisotopic (exact) mass is 348 g/mol. The Balaban J connectivity index is 1.41. The minimum absolute atomic E-state index is 0.0454. The van der Waals surface area contributed by atoms with Crippen LogP contribution in [-0.4, -0.2) is 38.1 Å². The van der Waals surface area contributed by atoms with Crippen molar-refractivity contribution in [3.8, 4) is 5.82 Å². The van der Waals surface area contributed by atoms with Crippen LogP contribution in [0.2, 0.25) is 0 Å². The summed E-state index contributed by atoms with van der Waals surface area (Å²) in [5.74, 6) is -0.0208. The summed E-state index contributed by atoms with van der Waals surface area (Å²) >= 11 is 0. The van der Waals surface area contributed by atoms with Crippen molar-refractivity contribution in [1.29, 1.82) is 0 Å². The van der Waals surface area contributed by atoms with E-state index >= 15 is 0 Å². The van der Waals surface area contributed by atoms with E-state index in [1.165, 1.54) is 11.0 Å². The molecule has 1 aromatic carbocycles. The molecule has 0 spiro atoms. The summed E-state index contributed by atoms with van der Waals surface area (Å²) in [7, 11) is 0. The fourth-order valence-corrected chi connectivity index (χ4v) is 2.91. The van der Waals surface area contributed by atoms with Gasteiger partial charge in [0.2, 0.25) is 11.8 Å². The van der Waals surface area contributed by atoms with E-state index in [1.54, 1.807) is 29.6 Å². The number of hydrogen-bond acceptors (Lipinski definition) is 5. The summed E-state index contributed by atoms with van der Waals surface area (Å²) in [5, 5.41) is 6.82. The standard InChI is InChI=1S/C18H16N6O2/c25-17-8-13(10-23(17)15-4-2-1-3-5-15)18(26)22-14-6-7-16(20-9-14)24-12-19-11-21-24/h1-7,9,11-13H,8,10H2,(H,22,26)/t13-/m1/s1. The molecule has 2 amide bonds. The smallest absolute Gasteiger partial charge is 0.229 e. The number of anilines is 2. The number of rotatable bonds is 4. The van der Waals surface area contributed by atoms with E-state index in [2.05, 4.69) is 20.4 Å². The van der Waals surface area contributed by atoms with Crippen molar-refractivity contribution in [1.82, 2.24) is 19.7 Å². The maximum atomic E-state index is 12.5. The lowest BCUT2D eigenvalue weighted by atomic mass is 10.1. The quantitative estimate of drug-likeness (QED) is 0.774. The van der Waals surface area contributed by atoms with E-state index in [0.29, 0.717) is 18.1 Å². The molecule has 8 nitrogen and oxygen atoms in total. The molecule has 2 aromatic heterocycles. The maximum absolute atomic E-state index is 12.5. The Morgan fingerprint density at radius 1 is 1.15 bits per heavy atom. The van der Waals surface area contributed by atoms with Gasteiger partial charge in [0, 0.05) is 18.7 Å². The zero-order chi connectivity index (χ0) is 17.9. The Kier molecular flexibility index (Phi) is 4.14. The molecule has 8 heteroatoms. The Morgan fingerprint density at radius 2 is 2.00 bits per heavy atom. The van der Waals surface area contributed by atoms with Crippen LogP contribution in [0, 0.1) is 5.92 Å². The molecule has 4 rings (SSSR count). The lowest BCUT2D eigenvalue weighted by Gasteiger charge is -2.16. The average molecular weight is 348 g/mol. The van der Waals surface area contributed by atoms with Crippen LogP contribution in [0.1, 0.15) is 6.42 Å². The van der Waals surface area contributed by atoms with Crippen LogP contribution in [0.15, 0.2) is 61.3 Å². The Labute approximate surface area is 149 Å². The van der Waals surface area contributed by atoms with Gasteiger partial charge in [-0.1, -0.05) is 18.2 Å². The molecule has 0 saturated carbocycles. The molecule has 1 saturated heterocycles. The molecular formula is C18H16N6O2. The third kappa shape index (κ3) is 3.16. The van der Waals surface area contributed by atoms with Gasteiger partial charge in [-0.25, -0.2) is 14.6 Å². The van der Waals surface area contributed by atoms with Crippen molar-refractivity contribution in [2.75, 3.05) is 16.8 Å². The number of nitrogens with zero attached hydrogens (tertiary/aromatic N) is 5. The second kappa shape index (κ2) is 6.75. The number of para-hydroxylation sites is 1. The van der Waals surface area contributed by atoms with E-state index in [0.717, 1.165) is 5.69 Å². The Hall–Kier alpha value is -3.55. The minimum Gasteiger partial charge on any atom is -0.324 e. The first kappa shape index (κ1) is 15.9. The van der Waals surface area contributed by atoms with E-state index in [1.807, 2.05) is 30.3 Å². The van der Waals surface area contributed by atoms with E-state index < -0.39 is 5.92 Å². The predicted octanol–water partition coefficient (Wildman–Crippen LogP) is 1.65.